The quantitative estimate of drug-likeness (QED) is 0.477. The fraction of sp³-hybridized carbons (Fsp3) is 0.241. The number of benzene rings is 3. The first-order valence-electron chi connectivity index (χ1n) is 12.3. The highest BCUT2D eigenvalue weighted by atomic mass is 19.1. The molecule has 7 nitrogen and oxygen atoms in total. The van der Waals surface area contributed by atoms with Crippen molar-refractivity contribution in [1.29, 1.82) is 0 Å². The Hall–Kier alpha value is -4.17. The number of rotatable bonds is 6. The monoisotopic (exact) mass is 500 g/mol. The third kappa shape index (κ3) is 5.34. The lowest BCUT2D eigenvalue weighted by molar-refractivity contribution is -0.120. The van der Waals surface area contributed by atoms with Crippen LogP contribution in [-0.4, -0.2) is 44.6 Å². The smallest absolute Gasteiger partial charge is 0.255 e. The second kappa shape index (κ2) is 10.8. The maximum Gasteiger partial charge on any atom is 0.255 e. The van der Waals surface area contributed by atoms with Gasteiger partial charge in [-0.25, -0.2) is 4.39 Å². The zero-order chi connectivity index (χ0) is 25.8. The standard InChI is InChI=1S/C29H29FN4O3/c1-37-27-10-7-21(20-11-13-31-14-12-20)15-23(27)28(35)33-25-17-32-24-9-8-22(30)16-26(24)34(29(25)36)18-19-5-3-2-4-6-19/h2-11,15-16,25,31-32H,12-14,17-18H2,1H3,(H,33,35). The summed E-state index contributed by atoms with van der Waals surface area (Å²) in [6.07, 6.45) is 2.98. The van der Waals surface area contributed by atoms with Gasteiger partial charge in [0, 0.05) is 13.1 Å². The number of hydrogen-bond acceptors (Lipinski definition) is 5. The van der Waals surface area contributed by atoms with Crippen molar-refractivity contribution >= 4 is 28.8 Å². The van der Waals surface area contributed by atoms with Gasteiger partial charge in [-0.15, -0.1) is 0 Å². The summed E-state index contributed by atoms with van der Waals surface area (Å²) >= 11 is 0. The molecule has 2 aliphatic rings. The van der Waals surface area contributed by atoms with E-state index in [2.05, 4.69) is 22.0 Å². The Morgan fingerprint density at radius 1 is 1.14 bits per heavy atom. The number of carbonyl (C=O) groups excluding carboxylic acids is 2. The van der Waals surface area contributed by atoms with E-state index in [-0.39, 0.29) is 19.0 Å². The summed E-state index contributed by atoms with van der Waals surface area (Å²) < 4.78 is 19.7. The molecule has 2 heterocycles. The van der Waals surface area contributed by atoms with Crippen LogP contribution in [0.1, 0.15) is 27.9 Å². The van der Waals surface area contributed by atoms with E-state index in [4.69, 9.17) is 4.74 Å². The van der Waals surface area contributed by atoms with Gasteiger partial charge in [-0.05, 0) is 60.0 Å². The van der Waals surface area contributed by atoms with E-state index in [9.17, 15) is 14.0 Å². The molecular formula is C29H29FN4O3. The molecule has 3 N–H and O–H groups in total. The Balaban J connectivity index is 1.44. The molecule has 0 saturated heterocycles. The van der Waals surface area contributed by atoms with Crippen LogP contribution in [0, 0.1) is 5.82 Å². The first-order valence-corrected chi connectivity index (χ1v) is 12.3. The van der Waals surface area contributed by atoms with Gasteiger partial charge in [0.05, 0.1) is 30.6 Å². The Morgan fingerprint density at radius 2 is 1.97 bits per heavy atom. The van der Waals surface area contributed by atoms with E-state index in [0.717, 1.165) is 36.2 Å². The maximum absolute atomic E-state index is 14.2. The van der Waals surface area contributed by atoms with Crippen molar-refractivity contribution in [3.8, 4) is 5.75 Å². The largest absolute Gasteiger partial charge is 0.496 e. The third-order valence-corrected chi connectivity index (χ3v) is 6.68. The highest BCUT2D eigenvalue weighted by molar-refractivity contribution is 6.06. The van der Waals surface area contributed by atoms with Gasteiger partial charge in [0.25, 0.3) is 11.8 Å². The summed E-state index contributed by atoms with van der Waals surface area (Å²) in [7, 11) is 1.51. The Labute approximate surface area is 215 Å². The number of methoxy groups -OCH3 is 1. The van der Waals surface area contributed by atoms with E-state index in [1.54, 1.807) is 12.1 Å². The molecule has 1 atom stereocenters. The lowest BCUT2D eigenvalue weighted by Crippen LogP contribution is -2.50. The van der Waals surface area contributed by atoms with Crippen LogP contribution >= 0.6 is 0 Å². The van der Waals surface area contributed by atoms with E-state index >= 15 is 0 Å². The van der Waals surface area contributed by atoms with Crippen LogP contribution in [0.25, 0.3) is 5.57 Å². The van der Waals surface area contributed by atoms with Gasteiger partial charge in [0.2, 0.25) is 0 Å². The number of anilines is 2. The second-order valence-corrected chi connectivity index (χ2v) is 9.08. The molecule has 0 saturated carbocycles. The molecule has 2 amide bonds. The summed E-state index contributed by atoms with van der Waals surface area (Å²) in [5, 5.41) is 9.39. The predicted molar refractivity (Wildman–Crippen MR) is 142 cm³/mol. The summed E-state index contributed by atoms with van der Waals surface area (Å²) in [6.45, 7) is 2.06. The molecule has 37 heavy (non-hydrogen) atoms. The van der Waals surface area contributed by atoms with Gasteiger partial charge in [-0.3, -0.25) is 9.59 Å². The number of hydrogen-bond donors (Lipinski definition) is 3. The number of nitrogens with zero attached hydrogens (tertiary/aromatic N) is 1. The molecule has 0 radical (unpaired) electrons. The van der Waals surface area contributed by atoms with Crippen molar-refractivity contribution in [2.24, 2.45) is 0 Å². The van der Waals surface area contributed by atoms with Crippen molar-refractivity contribution in [2.75, 3.05) is 37.0 Å². The van der Waals surface area contributed by atoms with Crippen LogP contribution in [0.2, 0.25) is 0 Å². The normalized spacial score (nSPS) is 17.2. The zero-order valence-corrected chi connectivity index (χ0v) is 20.6. The van der Waals surface area contributed by atoms with Crippen molar-refractivity contribution in [1.82, 2.24) is 10.6 Å². The van der Waals surface area contributed by atoms with Crippen LogP contribution in [0.15, 0.2) is 72.8 Å². The van der Waals surface area contributed by atoms with Crippen molar-refractivity contribution in [3.63, 3.8) is 0 Å². The first-order chi connectivity index (χ1) is 18.0. The molecule has 0 aliphatic carbocycles. The average molecular weight is 501 g/mol. The van der Waals surface area contributed by atoms with Crippen LogP contribution in [-0.2, 0) is 11.3 Å². The molecule has 0 fully saturated rings. The fourth-order valence-electron chi connectivity index (χ4n) is 4.73. The third-order valence-electron chi connectivity index (χ3n) is 6.68. The number of nitrogens with one attached hydrogen (secondary N) is 3. The second-order valence-electron chi connectivity index (χ2n) is 9.08. The van der Waals surface area contributed by atoms with Crippen LogP contribution in [0.4, 0.5) is 15.8 Å². The molecule has 0 bridgehead atoms. The topological polar surface area (TPSA) is 82.7 Å². The fourth-order valence-corrected chi connectivity index (χ4v) is 4.73. The Bertz CT molecular complexity index is 1340. The van der Waals surface area contributed by atoms with Gasteiger partial charge >= 0.3 is 0 Å². The summed E-state index contributed by atoms with van der Waals surface area (Å²) in [5.74, 6) is -0.755. The van der Waals surface area contributed by atoms with Crippen molar-refractivity contribution in [2.45, 2.75) is 19.0 Å². The number of fused-ring (bicyclic) bond motifs is 1. The van der Waals surface area contributed by atoms with Crippen molar-refractivity contribution in [3.05, 3.63) is 95.3 Å². The molecule has 0 aromatic heterocycles. The minimum Gasteiger partial charge on any atom is -0.496 e. The molecule has 3 aromatic rings. The molecule has 1 unspecified atom stereocenters. The molecule has 190 valence electrons. The predicted octanol–water partition coefficient (Wildman–Crippen LogP) is 3.97. The van der Waals surface area contributed by atoms with Crippen LogP contribution in [0.5, 0.6) is 5.75 Å². The first kappa shape index (κ1) is 24.5. The van der Waals surface area contributed by atoms with Crippen molar-refractivity contribution < 1.29 is 18.7 Å². The van der Waals surface area contributed by atoms with E-state index in [1.165, 1.54) is 24.1 Å². The average Bonchev–Trinajstić information content (AvgIpc) is 3.06. The molecule has 8 heteroatoms. The molecular weight excluding hydrogens is 471 g/mol. The highest BCUT2D eigenvalue weighted by Gasteiger charge is 2.32. The number of halogens is 1. The van der Waals surface area contributed by atoms with Crippen LogP contribution in [0.3, 0.4) is 0 Å². The molecule has 0 spiro atoms. The van der Waals surface area contributed by atoms with E-state index < -0.39 is 17.8 Å². The van der Waals surface area contributed by atoms with Gasteiger partial charge in [0.15, 0.2) is 0 Å². The van der Waals surface area contributed by atoms with Crippen LogP contribution < -0.4 is 25.6 Å². The number of amides is 2. The Kier molecular flexibility index (Phi) is 7.18. The lowest BCUT2D eigenvalue weighted by atomic mass is 9.97. The molecule has 3 aromatic carbocycles. The summed E-state index contributed by atoms with van der Waals surface area (Å²) in [4.78, 5) is 28.8. The number of ether oxygens (including phenoxy) is 1. The Morgan fingerprint density at radius 3 is 2.73 bits per heavy atom. The van der Waals surface area contributed by atoms with Gasteiger partial charge in [-0.2, -0.15) is 0 Å². The minimum atomic E-state index is -0.877. The molecule has 5 rings (SSSR count). The lowest BCUT2D eigenvalue weighted by Gasteiger charge is -2.26. The summed E-state index contributed by atoms with van der Waals surface area (Å²) in [5.41, 5.74) is 4.42. The van der Waals surface area contributed by atoms with Gasteiger partial charge < -0.3 is 25.6 Å². The maximum atomic E-state index is 14.2. The SMILES string of the molecule is COc1ccc(C2=CCNCC2)cc1C(=O)NC1CNc2ccc(F)cc2N(Cc2ccccc2)C1=O. The van der Waals surface area contributed by atoms with E-state index in [1.807, 2.05) is 42.5 Å². The zero-order valence-electron chi connectivity index (χ0n) is 20.6. The summed E-state index contributed by atoms with van der Waals surface area (Å²) in [6, 6.07) is 18.4. The molecule has 2 aliphatic heterocycles. The van der Waals surface area contributed by atoms with Gasteiger partial charge in [-0.1, -0.05) is 42.5 Å². The van der Waals surface area contributed by atoms with Gasteiger partial charge in [0.1, 0.15) is 17.6 Å². The highest BCUT2D eigenvalue weighted by Crippen LogP contribution is 2.32. The van der Waals surface area contributed by atoms with E-state index in [0.29, 0.717) is 22.7 Å². The minimum absolute atomic E-state index is 0.160. The number of carbonyl (C=O) groups is 2.